The molecule has 0 saturated carbocycles. The summed E-state index contributed by atoms with van der Waals surface area (Å²) >= 11 is 12.0. The Kier molecular flexibility index (Phi) is 5.32. The quantitative estimate of drug-likeness (QED) is 0.829. The van der Waals surface area contributed by atoms with Crippen LogP contribution in [0.25, 0.3) is 6.08 Å². The molecule has 0 aliphatic carbocycles. The number of hydrogen-bond donors (Lipinski definition) is 1. The molecule has 5 heteroatoms. The first-order chi connectivity index (χ1) is 8.04. The summed E-state index contributed by atoms with van der Waals surface area (Å²) in [5, 5.41) is 9.25. The van der Waals surface area contributed by atoms with Crippen LogP contribution in [0.2, 0.25) is 10.0 Å². The SMILES string of the molecule is CCCOc1c(Cl)cc(/C=C/C(=O)O)cc1Cl. The highest BCUT2D eigenvalue weighted by atomic mass is 35.5. The zero-order valence-corrected chi connectivity index (χ0v) is 10.8. The molecule has 1 N–H and O–H groups in total. The number of halogens is 2. The van der Waals surface area contributed by atoms with Crippen LogP contribution < -0.4 is 4.74 Å². The summed E-state index contributed by atoms with van der Waals surface area (Å²) in [5.74, 6) is -0.591. The molecule has 0 spiro atoms. The second-order valence-electron chi connectivity index (χ2n) is 3.33. The molecule has 0 saturated heterocycles. The van der Waals surface area contributed by atoms with Gasteiger partial charge in [-0.1, -0.05) is 30.1 Å². The van der Waals surface area contributed by atoms with Crippen molar-refractivity contribution in [3.63, 3.8) is 0 Å². The lowest BCUT2D eigenvalue weighted by molar-refractivity contribution is -0.131. The van der Waals surface area contributed by atoms with E-state index in [9.17, 15) is 4.79 Å². The van der Waals surface area contributed by atoms with E-state index in [1.165, 1.54) is 6.08 Å². The molecule has 0 amide bonds. The lowest BCUT2D eigenvalue weighted by Gasteiger charge is -2.09. The Hall–Kier alpha value is -1.19. The molecule has 0 aliphatic rings. The zero-order chi connectivity index (χ0) is 12.8. The Morgan fingerprint density at radius 1 is 1.41 bits per heavy atom. The van der Waals surface area contributed by atoms with Crippen LogP contribution in [0.15, 0.2) is 18.2 Å². The molecule has 0 unspecified atom stereocenters. The number of carbonyl (C=O) groups is 1. The summed E-state index contributed by atoms with van der Waals surface area (Å²) < 4.78 is 5.39. The second kappa shape index (κ2) is 6.52. The number of carboxylic acid groups (broad SMARTS) is 1. The molecule has 0 radical (unpaired) electrons. The van der Waals surface area contributed by atoms with Gasteiger partial charge in [-0.15, -0.1) is 0 Å². The molecule has 1 aromatic carbocycles. The van der Waals surface area contributed by atoms with Gasteiger partial charge in [0.25, 0.3) is 0 Å². The third-order valence-electron chi connectivity index (χ3n) is 1.89. The first-order valence-corrected chi connectivity index (χ1v) is 5.83. The normalized spacial score (nSPS) is 10.8. The number of hydrogen-bond acceptors (Lipinski definition) is 2. The van der Waals surface area contributed by atoms with Crippen molar-refractivity contribution in [3.8, 4) is 5.75 Å². The van der Waals surface area contributed by atoms with Gasteiger partial charge in [0.15, 0.2) is 5.75 Å². The van der Waals surface area contributed by atoms with Gasteiger partial charge in [0.05, 0.1) is 16.7 Å². The summed E-state index contributed by atoms with van der Waals surface area (Å²) in [7, 11) is 0. The molecule has 1 aromatic rings. The van der Waals surface area contributed by atoms with Crippen molar-refractivity contribution in [1.82, 2.24) is 0 Å². The molecular formula is C12H12Cl2O3. The first kappa shape index (κ1) is 13.9. The maximum absolute atomic E-state index is 10.4. The highest BCUT2D eigenvalue weighted by Crippen LogP contribution is 2.34. The van der Waals surface area contributed by atoms with Gasteiger partial charge in [-0.25, -0.2) is 4.79 Å². The van der Waals surface area contributed by atoms with Crippen molar-refractivity contribution in [2.75, 3.05) is 6.61 Å². The number of rotatable bonds is 5. The minimum absolute atomic E-state index is 0.371. The maximum atomic E-state index is 10.4. The molecule has 0 atom stereocenters. The molecule has 17 heavy (non-hydrogen) atoms. The molecule has 0 aliphatic heterocycles. The number of aliphatic carboxylic acids is 1. The van der Waals surface area contributed by atoms with Crippen LogP contribution in [0.5, 0.6) is 5.75 Å². The van der Waals surface area contributed by atoms with E-state index in [1.807, 2.05) is 6.92 Å². The molecule has 1 rings (SSSR count). The van der Waals surface area contributed by atoms with Gasteiger partial charge in [-0.05, 0) is 30.2 Å². The Labute approximate surface area is 110 Å². The van der Waals surface area contributed by atoms with Crippen molar-refractivity contribution in [2.24, 2.45) is 0 Å². The summed E-state index contributed by atoms with van der Waals surface area (Å²) in [6, 6.07) is 3.22. The second-order valence-corrected chi connectivity index (χ2v) is 4.15. The highest BCUT2D eigenvalue weighted by Gasteiger charge is 2.08. The smallest absolute Gasteiger partial charge is 0.328 e. The van der Waals surface area contributed by atoms with Crippen molar-refractivity contribution in [2.45, 2.75) is 13.3 Å². The fourth-order valence-corrected chi connectivity index (χ4v) is 1.80. The van der Waals surface area contributed by atoms with Crippen molar-refractivity contribution < 1.29 is 14.6 Å². The van der Waals surface area contributed by atoms with Gasteiger partial charge in [-0.2, -0.15) is 0 Å². The topological polar surface area (TPSA) is 46.5 Å². The van der Waals surface area contributed by atoms with E-state index < -0.39 is 5.97 Å². The van der Waals surface area contributed by atoms with E-state index in [4.69, 9.17) is 33.0 Å². The largest absolute Gasteiger partial charge is 0.490 e. The van der Waals surface area contributed by atoms with Gasteiger partial charge in [-0.3, -0.25) is 0 Å². The Balaban J connectivity index is 2.96. The molecule has 0 fully saturated rings. The Morgan fingerprint density at radius 2 is 2.00 bits per heavy atom. The maximum Gasteiger partial charge on any atom is 0.328 e. The average Bonchev–Trinajstić information content (AvgIpc) is 2.25. The predicted molar refractivity (Wildman–Crippen MR) is 68.9 cm³/mol. The Bertz CT molecular complexity index is 418. The van der Waals surface area contributed by atoms with E-state index in [0.29, 0.717) is 28.0 Å². The van der Waals surface area contributed by atoms with E-state index in [0.717, 1.165) is 12.5 Å². The highest BCUT2D eigenvalue weighted by molar-refractivity contribution is 6.37. The molecule has 92 valence electrons. The van der Waals surface area contributed by atoms with Gasteiger partial charge >= 0.3 is 5.97 Å². The first-order valence-electron chi connectivity index (χ1n) is 5.07. The van der Waals surface area contributed by atoms with E-state index >= 15 is 0 Å². The fourth-order valence-electron chi connectivity index (χ4n) is 1.19. The lowest BCUT2D eigenvalue weighted by Crippen LogP contribution is -1.96. The summed E-state index contributed by atoms with van der Waals surface area (Å²) in [6.07, 6.45) is 3.30. The van der Waals surface area contributed by atoms with Crippen molar-refractivity contribution in [3.05, 3.63) is 33.8 Å². The van der Waals surface area contributed by atoms with Crippen molar-refractivity contribution in [1.29, 1.82) is 0 Å². The molecule has 3 nitrogen and oxygen atoms in total. The summed E-state index contributed by atoms with van der Waals surface area (Å²) in [5.41, 5.74) is 0.617. The van der Waals surface area contributed by atoms with Crippen molar-refractivity contribution >= 4 is 35.2 Å². The van der Waals surface area contributed by atoms with E-state index in [-0.39, 0.29) is 0 Å². The summed E-state index contributed by atoms with van der Waals surface area (Å²) in [6.45, 7) is 2.51. The van der Waals surface area contributed by atoms with Crippen LogP contribution in [-0.4, -0.2) is 17.7 Å². The van der Waals surface area contributed by atoms with Crippen LogP contribution in [0.3, 0.4) is 0 Å². The minimum Gasteiger partial charge on any atom is -0.490 e. The van der Waals surface area contributed by atoms with E-state index in [1.54, 1.807) is 12.1 Å². The predicted octanol–water partition coefficient (Wildman–Crippen LogP) is 3.88. The third-order valence-corrected chi connectivity index (χ3v) is 2.45. The Morgan fingerprint density at radius 3 is 2.47 bits per heavy atom. The summed E-state index contributed by atoms with van der Waals surface area (Å²) in [4.78, 5) is 10.4. The van der Waals surface area contributed by atoms with Crippen LogP contribution in [0, 0.1) is 0 Å². The van der Waals surface area contributed by atoms with Crippen LogP contribution in [0.1, 0.15) is 18.9 Å². The third kappa shape index (κ3) is 4.29. The van der Waals surface area contributed by atoms with E-state index in [2.05, 4.69) is 0 Å². The molecule has 0 heterocycles. The monoisotopic (exact) mass is 274 g/mol. The van der Waals surface area contributed by atoms with Gasteiger partial charge in [0.2, 0.25) is 0 Å². The van der Waals surface area contributed by atoms with Gasteiger partial charge in [0, 0.05) is 6.08 Å². The van der Waals surface area contributed by atoms with Gasteiger partial charge < -0.3 is 9.84 Å². The molecule has 0 bridgehead atoms. The van der Waals surface area contributed by atoms with Crippen LogP contribution >= 0.6 is 23.2 Å². The number of carboxylic acids is 1. The average molecular weight is 275 g/mol. The standard InChI is InChI=1S/C12H12Cl2O3/c1-2-5-17-12-9(13)6-8(7-10(12)14)3-4-11(15)16/h3-4,6-7H,2,5H2,1H3,(H,15,16)/b4-3+. The number of ether oxygens (including phenoxy) is 1. The lowest BCUT2D eigenvalue weighted by atomic mass is 10.2. The molecular weight excluding hydrogens is 263 g/mol. The minimum atomic E-state index is -1.02. The van der Waals surface area contributed by atoms with Crippen LogP contribution in [0.4, 0.5) is 0 Å². The number of benzene rings is 1. The fraction of sp³-hybridized carbons (Fsp3) is 0.250. The zero-order valence-electron chi connectivity index (χ0n) is 9.24. The molecule has 0 aromatic heterocycles. The van der Waals surface area contributed by atoms with Gasteiger partial charge in [0.1, 0.15) is 0 Å². The van der Waals surface area contributed by atoms with Crippen LogP contribution in [-0.2, 0) is 4.79 Å².